The first-order chi connectivity index (χ1) is 19.0. The number of rotatable bonds is 7. The summed E-state index contributed by atoms with van der Waals surface area (Å²) >= 11 is 5.92. The third-order valence-electron chi connectivity index (χ3n) is 6.42. The van der Waals surface area contributed by atoms with Gasteiger partial charge in [0, 0.05) is 23.7 Å². The predicted octanol–water partition coefficient (Wildman–Crippen LogP) is 2.12. The molecule has 11 nitrogen and oxygen atoms in total. The number of β-amino-alcohol motifs (C(OH)–C–C–N with tert-alkyl or cyclic N) is 1. The van der Waals surface area contributed by atoms with Crippen molar-refractivity contribution in [1.29, 1.82) is 0 Å². The monoisotopic (exact) mass is 577 g/mol. The van der Waals surface area contributed by atoms with E-state index in [-0.39, 0.29) is 30.6 Å². The molecule has 1 unspecified atom stereocenters. The average molecular weight is 578 g/mol. The van der Waals surface area contributed by atoms with Crippen LogP contribution in [0.1, 0.15) is 22.6 Å². The van der Waals surface area contributed by atoms with E-state index in [0.717, 1.165) is 9.25 Å². The van der Waals surface area contributed by atoms with Crippen molar-refractivity contribution in [2.24, 2.45) is 0 Å². The molecule has 1 aliphatic heterocycles. The molecule has 2 atom stereocenters. The summed E-state index contributed by atoms with van der Waals surface area (Å²) < 4.78 is 42.3. The number of hydrogen-bond acceptors (Lipinski definition) is 7. The highest BCUT2D eigenvalue weighted by molar-refractivity contribution is 6.30. The van der Waals surface area contributed by atoms with Crippen LogP contribution in [0.5, 0.6) is 0 Å². The number of nitrogens with zero attached hydrogens (tertiary/aromatic N) is 7. The number of para-hydroxylation sites is 1. The highest BCUT2D eigenvalue weighted by Crippen LogP contribution is 2.24. The summed E-state index contributed by atoms with van der Waals surface area (Å²) in [6, 6.07) is 12.7. The van der Waals surface area contributed by atoms with Crippen molar-refractivity contribution in [2.75, 3.05) is 13.1 Å². The van der Waals surface area contributed by atoms with Gasteiger partial charge in [0.25, 0.3) is 5.91 Å². The highest BCUT2D eigenvalue weighted by atomic mass is 35.5. The predicted molar refractivity (Wildman–Crippen MR) is 136 cm³/mol. The minimum absolute atomic E-state index is 0.102. The number of carbonyl (C=O) groups is 1. The number of aliphatic hydroxyl groups is 2. The zero-order valence-corrected chi connectivity index (χ0v) is 21.5. The molecular formula is C25H23ClF3N7O4. The highest BCUT2D eigenvalue weighted by Gasteiger charge is 2.39. The van der Waals surface area contributed by atoms with Gasteiger partial charge in [-0.15, -0.1) is 10.2 Å². The van der Waals surface area contributed by atoms with E-state index < -0.39 is 30.6 Å². The maximum atomic E-state index is 13.1. The second kappa shape index (κ2) is 10.9. The number of carbonyl (C=O) groups excluding carboxylic acids is 1. The topological polar surface area (TPSA) is 131 Å². The maximum absolute atomic E-state index is 13.1. The Morgan fingerprint density at radius 3 is 2.52 bits per heavy atom. The van der Waals surface area contributed by atoms with Crippen LogP contribution >= 0.6 is 11.6 Å². The van der Waals surface area contributed by atoms with Gasteiger partial charge in [-0.05, 0) is 42.8 Å². The van der Waals surface area contributed by atoms with Crippen LogP contribution in [0.25, 0.3) is 17.1 Å². The van der Waals surface area contributed by atoms with Crippen molar-refractivity contribution in [3.8, 4) is 17.1 Å². The van der Waals surface area contributed by atoms with Gasteiger partial charge in [-0.3, -0.25) is 9.36 Å². The van der Waals surface area contributed by atoms with Gasteiger partial charge in [0.05, 0.1) is 23.9 Å². The van der Waals surface area contributed by atoms with E-state index >= 15 is 0 Å². The van der Waals surface area contributed by atoms with Crippen LogP contribution in [0.15, 0.2) is 59.7 Å². The van der Waals surface area contributed by atoms with Crippen molar-refractivity contribution in [3.63, 3.8) is 0 Å². The van der Waals surface area contributed by atoms with Crippen LogP contribution in [-0.4, -0.2) is 81.6 Å². The van der Waals surface area contributed by atoms with E-state index in [1.807, 2.05) is 0 Å². The lowest BCUT2D eigenvalue weighted by atomic mass is 10.1. The Morgan fingerprint density at radius 2 is 1.85 bits per heavy atom. The number of halogens is 4. The summed E-state index contributed by atoms with van der Waals surface area (Å²) in [5, 5.41) is 28.4. The fraction of sp³-hybridized carbons (Fsp3) is 0.320. The van der Waals surface area contributed by atoms with Gasteiger partial charge < -0.3 is 15.1 Å². The number of hydrogen-bond donors (Lipinski definition) is 2. The molecule has 1 fully saturated rings. The molecule has 1 amide bonds. The van der Waals surface area contributed by atoms with Crippen molar-refractivity contribution in [1.82, 2.24) is 34.0 Å². The van der Waals surface area contributed by atoms with Crippen molar-refractivity contribution >= 4 is 17.5 Å². The Kier molecular flexibility index (Phi) is 7.49. The summed E-state index contributed by atoms with van der Waals surface area (Å²) in [7, 11) is 0. The first-order valence-electron chi connectivity index (χ1n) is 12.2. The summed E-state index contributed by atoms with van der Waals surface area (Å²) in [5.41, 5.74) is 0.154. The second-order valence-electron chi connectivity index (χ2n) is 9.25. The first-order valence-corrected chi connectivity index (χ1v) is 12.5. The molecule has 3 heterocycles. The zero-order chi connectivity index (χ0) is 28.6. The molecular weight excluding hydrogens is 555 g/mol. The molecule has 0 aliphatic carbocycles. The molecule has 0 radical (unpaired) electrons. The fourth-order valence-corrected chi connectivity index (χ4v) is 4.49. The summed E-state index contributed by atoms with van der Waals surface area (Å²) in [4.78, 5) is 31.9. The van der Waals surface area contributed by atoms with E-state index in [2.05, 4.69) is 15.2 Å². The van der Waals surface area contributed by atoms with Crippen LogP contribution in [0.2, 0.25) is 5.02 Å². The van der Waals surface area contributed by atoms with Gasteiger partial charge in [0.15, 0.2) is 17.8 Å². The van der Waals surface area contributed by atoms with Crippen LogP contribution in [0, 0.1) is 0 Å². The number of aromatic nitrogens is 6. The Balaban J connectivity index is 1.45. The van der Waals surface area contributed by atoms with E-state index in [4.69, 9.17) is 11.6 Å². The molecule has 2 N–H and O–H groups in total. The third kappa shape index (κ3) is 5.64. The van der Waals surface area contributed by atoms with Crippen molar-refractivity contribution in [3.05, 3.63) is 81.8 Å². The van der Waals surface area contributed by atoms with Gasteiger partial charge in [0.2, 0.25) is 0 Å². The Morgan fingerprint density at radius 1 is 1.12 bits per heavy atom. The quantitative estimate of drug-likeness (QED) is 0.344. The van der Waals surface area contributed by atoms with Crippen LogP contribution in [0.4, 0.5) is 13.2 Å². The van der Waals surface area contributed by atoms with Crippen LogP contribution in [-0.2, 0) is 13.1 Å². The van der Waals surface area contributed by atoms with Gasteiger partial charge in [-0.25, -0.2) is 19.1 Å². The molecule has 1 aliphatic rings. The van der Waals surface area contributed by atoms with Crippen LogP contribution < -0.4 is 5.69 Å². The standard InChI is InChI=1S/C25H23ClF3N7O4/c26-16-7-5-15(6-8-16)22-32-35(24(40)34(22)12-20(38)25(27,28)29)13-21-30-14-36(31-21)19-4-2-1-3-18(19)23(39)33-10-9-17(37)11-33/h1-8,14,17,20,37-38H,9-13H2/t17?,20-/m0/s1. The molecule has 4 aromatic rings. The van der Waals surface area contributed by atoms with Crippen molar-refractivity contribution < 1.29 is 28.2 Å². The fourth-order valence-electron chi connectivity index (χ4n) is 4.37. The van der Waals surface area contributed by atoms with Crippen molar-refractivity contribution in [2.45, 2.75) is 37.9 Å². The number of alkyl halides is 3. The van der Waals surface area contributed by atoms with E-state index in [1.54, 1.807) is 29.2 Å². The van der Waals surface area contributed by atoms with E-state index in [9.17, 15) is 33.0 Å². The summed E-state index contributed by atoms with van der Waals surface area (Å²) in [6.07, 6.45) is -6.49. The average Bonchev–Trinajstić information content (AvgIpc) is 3.64. The Labute approximate surface area is 229 Å². The lowest BCUT2D eigenvalue weighted by Gasteiger charge is -2.17. The summed E-state index contributed by atoms with van der Waals surface area (Å²) in [5.74, 6) is -0.284. The van der Waals surface area contributed by atoms with E-state index in [1.165, 1.54) is 35.3 Å². The largest absolute Gasteiger partial charge is 0.416 e. The molecule has 5 rings (SSSR count). The Bertz CT molecular complexity index is 1580. The van der Waals surface area contributed by atoms with Gasteiger partial charge in [0.1, 0.15) is 12.9 Å². The lowest BCUT2D eigenvalue weighted by Crippen LogP contribution is -2.37. The molecule has 0 spiro atoms. The maximum Gasteiger partial charge on any atom is 0.416 e. The molecule has 2 aromatic heterocycles. The van der Waals surface area contributed by atoms with Gasteiger partial charge >= 0.3 is 11.9 Å². The second-order valence-corrected chi connectivity index (χ2v) is 9.69. The number of amides is 1. The SMILES string of the molecule is O=C(c1ccccc1-n1cnc(Cn2nc(-c3ccc(Cl)cc3)n(C[C@H](O)C(F)(F)F)c2=O)n1)N1CCC(O)C1. The number of benzene rings is 2. The number of aliphatic hydroxyl groups excluding tert-OH is 2. The third-order valence-corrected chi connectivity index (χ3v) is 6.67. The molecule has 15 heteroatoms. The smallest absolute Gasteiger partial charge is 0.391 e. The molecule has 0 saturated carbocycles. The normalized spacial score (nSPS) is 16.4. The summed E-state index contributed by atoms with van der Waals surface area (Å²) in [6.45, 7) is -0.722. The lowest BCUT2D eigenvalue weighted by molar-refractivity contribution is -0.207. The molecule has 1 saturated heterocycles. The minimum atomic E-state index is -4.95. The first kappa shape index (κ1) is 27.6. The number of likely N-dealkylation sites (tertiary alicyclic amines) is 1. The molecule has 2 aromatic carbocycles. The Hall–Kier alpha value is -4.01. The van der Waals surface area contributed by atoms with E-state index in [0.29, 0.717) is 34.8 Å². The molecule has 210 valence electrons. The minimum Gasteiger partial charge on any atom is -0.391 e. The van der Waals surface area contributed by atoms with Gasteiger partial charge in [-0.2, -0.15) is 13.2 Å². The molecule has 0 bridgehead atoms. The molecule has 40 heavy (non-hydrogen) atoms. The zero-order valence-electron chi connectivity index (χ0n) is 20.7. The van der Waals surface area contributed by atoms with Crippen LogP contribution in [0.3, 0.4) is 0 Å². The van der Waals surface area contributed by atoms with Gasteiger partial charge in [-0.1, -0.05) is 23.7 Å².